The molecule has 2 fully saturated rings. The van der Waals surface area contributed by atoms with Crippen LogP contribution in [-0.2, 0) is 26.0 Å². The summed E-state index contributed by atoms with van der Waals surface area (Å²) in [5, 5.41) is 7.94. The van der Waals surface area contributed by atoms with Crippen LogP contribution in [0.25, 0.3) is 0 Å². The molecule has 9 heteroatoms. The Bertz CT molecular complexity index is 810. The number of sulfonamides is 1. The second kappa shape index (κ2) is 7.57. The molecule has 0 unspecified atom stereocenters. The van der Waals surface area contributed by atoms with Gasteiger partial charge in [0.1, 0.15) is 5.41 Å². The molecule has 27 heavy (non-hydrogen) atoms. The number of carbonyl (C=O) groups excluding carboxylic acids is 2. The number of rotatable bonds is 6. The lowest BCUT2D eigenvalue weighted by molar-refractivity contribution is -0.145. The Hall–Kier alpha value is -1.97. The van der Waals surface area contributed by atoms with Crippen LogP contribution in [0.3, 0.4) is 0 Å². The first-order chi connectivity index (χ1) is 12.7. The molecule has 1 aliphatic heterocycles. The fraction of sp³-hybridized carbons (Fsp3) is 0.556. The van der Waals surface area contributed by atoms with Gasteiger partial charge in [-0.3, -0.25) is 9.59 Å². The first-order valence-electron chi connectivity index (χ1n) is 9.10. The molecule has 0 radical (unpaired) electrons. The maximum Gasteiger partial charge on any atom is 0.238 e. The Balaban J connectivity index is 1.51. The van der Waals surface area contributed by atoms with Crippen LogP contribution in [0.2, 0.25) is 0 Å². The molecule has 0 spiro atoms. The van der Waals surface area contributed by atoms with Gasteiger partial charge in [0.25, 0.3) is 0 Å². The number of hydrogen-bond acceptors (Lipinski definition) is 5. The number of hydrogen-bond donors (Lipinski definition) is 2. The van der Waals surface area contributed by atoms with E-state index in [1.165, 1.54) is 12.1 Å². The molecule has 3 rings (SSSR count). The molecule has 148 valence electrons. The zero-order chi connectivity index (χ0) is 19.7. The van der Waals surface area contributed by atoms with Crippen LogP contribution in [-0.4, -0.2) is 69.8 Å². The van der Waals surface area contributed by atoms with Crippen LogP contribution in [0.15, 0.2) is 29.2 Å². The summed E-state index contributed by atoms with van der Waals surface area (Å²) >= 11 is 0. The van der Waals surface area contributed by atoms with Crippen molar-refractivity contribution in [1.29, 1.82) is 0 Å². The molecule has 2 amide bonds. The third-order valence-electron chi connectivity index (χ3n) is 5.34. The van der Waals surface area contributed by atoms with Gasteiger partial charge in [-0.05, 0) is 44.0 Å². The predicted octanol–water partition coefficient (Wildman–Crippen LogP) is -0.453. The Kier molecular flexibility index (Phi) is 5.55. The molecular formula is C18H26N4O4S. The van der Waals surface area contributed by atoms with Gasteiger partial charge >= 0.3 is 0 Å². The van der Waals surface area contributed by atoms with E-state index in [9.17, 15) is 18.0 Å². The van der Waals surface area contributed by atoms with Crippen LogP contribution in [0.5, 0.6) is 0 Å². The summed E-state index contributed by atoms with van der Waals surface area (Å²) in [5.41, 5.74) is 0.00543. The molecule has 8 nitrogen and oxygen atoms in total. The van der Waals surface area contributed by atoms with Crippen molar-refractivity contribution in [1.82, 2.24) is 15.1 Å². The highest BCUT2D eigenvalue weighted by Crippen LogP contribution is 2.47. The number of nitrogens with zero attached hydrogens (tertiary/aromatic N) is 2. The number of nitrogens with two attached hydrogens (primary N) is 1. The minimum Gasteiger partial charge on any atom is -0.355 e. The first-order valence-corrected chi connectivity index (χ1v) is 10.6. The fourth-order valence-corrected chi connectivity index (χ4v) is 3.83. The Morgan fingerprint density at radius 3 is 2.22 bits per heavy atom. The van der Waals surface area contributed by atoms with E-state index in [1.807, 2.05) is 7.05 Å². The monoisotopic (exact) mass is 394 g/mol. The van der Waals surface area contributed by atoms with E-state index >= 15 is 0 Å². The highest BCUT2D eigenvalue weighted by Gasteiger charge is 2.57. The Labute approximate surface area is 159 Å². The molecule has 2 aliphatic rings. The molecule has 1 aromatic carbocycles. The van der Waals surface area contributed by atoms with Crippen molar-refractivity contribution in [3.05, 3.63) is 29.8 Å². The first kappa shape index (κ1) is 19.8. The molecule has 1 aromatic rings. The standard InChI is InChI=1S/C18H26N4O4S/c1-21-10-12-22(13-11-21)17(24)18(7-8-18)16(23)20-9-6-14-2-4-15(5-3-14)27(19,25)26/h2-5H,6-13H2,1H3,(H,20,23)(H2,19,25,26). The van der Waals surface area contributed by atoms with Gasteiger partial charge in [0.05, 0.1) is 4.90 Å². The highest BCUT2D eigenvalue weighted by molar-refractivity contribution is 7.89. The van der Waals surface area contributed by atoms with Gasteiger partial charge in [0, 0.05) is 32.7 Å². The van der Waals surface area contributed by atoms with Crippen molar-refractivity contribution >= 4 is 21.8 Å². The van der Waals surface area contributed by atoms with E-state index in [1.54, 1.807) is 17.0 Å². The number of primary sulfonamides is 1. The average molecular weight is 394 g/mol. The van der Waals surface area contributed by atoms with Crippen LogP contribution in [0, 0.1) is 5.41 Å². The van der Waals surface area contributed by atoms with E-state index in [4.69, 9.17) is 5.14 Å². The minimum atomic E-state index is -3.70. The summed E-state index contributed by atoms with van der Waals surface area (Å²) in [4.78, 5) is 29.4. The van der Waals surface area contributed by atoms with Gasteiger partial charge in [-0.15, -0.1) is 0 Å². The average Bonchev–Trinajstić information content (AvgIpc) is 3.43. The van der Waals surface area contributed by atoms with E-state index in [-0.39, 0.29) is 16.7 Å². The highest BCUT2D eigenvalue weighted by atomic mass is 32.2. The number of likely N-dealkylation sites (N-methyl/N-ethyl adjacent to an activating group) is 1. The van der Waals surface area contributed by atoms with E-state index in [0.717, 1.165) is 18.7 Å². The molecule has 1 heterocycles. The van der Waals surface area contributed by atoms with Crippen LogP contribution in [0.1, 0.15) is 18.4 Å². The summed E-state index contributed by atoms with van der Waals surface area (Å²) in [5.74, 6) is -0.252. The predicted molar refractivity (Wildman–Crippen MR) is 100 cm³/mol. The topological polar surface area (TPSA) is 113 Å². The lowest BCUT2D eigenvalue weighted by Gasteiger charge is -2.34. The molecular weight excluding hydrogens is 368 g/mol. The third kappa shape index (κ3) is 4.48. The normalized spacial score (nSPS) is 19.6. The Morgan fingerprint density at radius 1 is 1.11 bits per heavy atom. The molecule has 3 N–H and O–H groups in total. The van der Waals surface area contributed by atoms with E-state index in [0.29, 0.717) is 38.9 Å². The largest absolute Gasteiger partial charge is 0.355 e. The fourth-order valence-electron chi connectivity index (χ4n) is 3.31. The van der Waals surface area contributed by atoms with Crippen molar-refractivity contribution in [2.45, 2.75) is 24.2 Å². The zero-order valence-corrected chi connectivity index (χ0v) is 16.3. The second-order valence-corrected chi connectivity index (χ2v) is 8.93. The summed E-state index contributed by atoms with van der Waals surface area (Å²) in [6.45, 7) is 3.39. The maximum absolute atomic E-state index is 12.8. The van der Waals surface area contributed by atoms with Crippen LogP contribution < -0.4 is 10.5 Å². The van der Waals surface area contributed by atoms with Gasteiger partial charge in [0.15, 0.2) is 0 Å². The Morgan fingerprint density at radius 2 is 1.70 bits per heavy atom. The minimum absolute atomic E-state index is 0.0504. The second-order valence-electron chi connectivity index (χ2n) is 7.37. The lowest BCUT2D eigenvalue weighted by Crippen LogP contribution is -2.52. The summed E-state index contributed by atoms with van der Waals surface area (Å²) in [6, 6.07) is 6.25. The van der Waals surface area contributed by atoms with Crippen molar-refractivity contribution in [2.75, 3.05) is 39.8 Å². The van der Waals surface area contributed by atoms with E-state index in [2.05, 4.69) is 10.2 Å². The SMILES string of the molecule is CN1CCN(C(=O)C2(C(=O)NCCc3ccc(S(N)(=O)=O)cc3)CC2)CC1. The number of benzene rings is 1. The molecule has 0 aromatic heterocycles. The summed E-state index contributed by atoms with van der Waals surface area (Å²) < 4.78 is 22.5. The number of piperazine rings is 1. The van der Waals surface area contributed by atoms with Crippen LogP contribution in [0.4, 0.5) is 0 Å². The number of carbonyl (C=O) groups is 2. The van der Waals surface area contributed by atoms with Gasteiger partial charge in [-0.2, -0.15) is 0 Å². The van der Waals surface area contributed by atoms with Crippen LogP contribution >= 0.6 is 0 Å². The van der Waals surface area contributed by atoms with Crippen molar-refractivity contribution in [3.8, 4) is 0 Å². The zero-order valence-electron chi connectivity index (χ0n) is 15.5. The van der Waals surface area contributed by atoms with Gasteiger partial charge < -0.3 is 15.1 Å². The van der Waals surface area contributed by atoms with Crippen molar-refractivity contribution in [2.24, 2.45) is 10.6 Å². The van der Waals surface area contributed by atoms with Crippen molar-refractivity contribution < 1.29 is 18.0 Å². The summed E-state index contributed by atoms with van der Waals surface area (Å²) in [7, 11) is -1.68. The third-order valence-corrected chi connectivity index (χ3v) is 6.26. The maximum atomic E-state index is 12.8. The van der Waals surface area contributed by atoms with Gasteiger partial charge in [0.2, 0.25) is 21.8 Å². The number of amides is 2. The van der Waals surface area contributed by atoms with Gasteiger partial charge in [-0.25, -0.2) is 13.6 Å². The van der Waals surface area contributed by atoms with Gasteiger partial charge in [-0.1, -0.05) is 12.1 Å². The molecule has 1 saturated heterocycles. The van der Waals surface area contributed by atoms with Crippen molar-refractivity contribution in [3.63, 3.8) is 0 Å². The molecule has 1 aliphatic carbocycles. The van der Waals surface area contributed by atoms with E-state index < -0.39 is 15.4 Å². The molecule has 1 saturated carbocycles. The summed E-state index contributed by atoms with van der Waals surface area (Å²) in [6.07, 6.45) is 1.76. The smallest absolute Gasteiger partial charge is 0.238 e. The molecule has 0 atom stereocenters. The number of nitrogens with one attached hydrogen (secondary N) is 1. The quantitative estimate of drug-likeness (QED) is 0.635. The lowest BCUT2D eigenvalue weighted by atomic mass is 10.0. The molecule has 0 bridgehead atoms.